The zero-order valence-electron chi connectivity index (χ0n) is 10.8. The normalized spacial score (nSPS) is 14.4. The molecule has 0 saturated carbocycles. The molecule has 22 heavy (non-hydrogen) atoms. The fourth-order valence-corrected chi connectivity index (χ4v) is 2.30. The minimum atomic E-state index is -5.19. The minimum absolute atomic E-state index is 0.0234. The van der Waals surface area contributed by atoms with Crippen molar-refractivity contribution in [3.8, 4) is 0 Å². The number of halogens is 3. The van der Waals surface area contributed by atoms with Crippen molar-refractivity contribution in [1.82, 2.24) is 0 Å². The van der Waals surface area contributed by atoms with Crippen molar-refractivity contribution in [2.45, 2.75) is 19.0 Å². The first-order chi connectivity index (χ1) is 10.1. The summed E-state index contributed by atoms with van der Waals surface area (Å²) in [4.78, 5) is 31.6. The maximum absolute atomic E-state index is 12.6. The Morgan fingerprint density at radius 3 is 2.32 bits per heavy atom. The number of anilines is 1. The zero-order chi connectivity index (χ0) is 16.7. The number of carbonyl (C=O) groups excluding carboxylic acids is 1. The number of carbonyl (C=O) groups is 1. The quantitative estimate of drug-likeness (QED) is 0.614. The summed E-state index contributed by atoms with van der Waals surface area (Å²) in [6.45, 7) is -0.343. The van der Waals surface area contributed by atoms with Crippen molar-refractivity contribution in [2.75, 3.05) is 11.4 Å². The molecule has 0 aliphatic carbocycles. The summed E-state index contributed by atoms with van der Waals surface area (Å²) in [6.07, 6.45) is -4.96. The average molecular weight is 319 g/mol. The van der Waals surface area contributed by atoms with Gasteiger partial charge in [0, 0.05) is 12.6 Å². The molecule has 1 aromatic rings. The van der Waals surface area contributed by atoms with Crippen LogP contribution in [0, 0.1) is 20.2 Å². The molecule has 0 bridgehead atoms. The Labute approximate surface area is 120 Å². The molecule has 0 spiro atoms. The van der Waals surface area contributed by atoms with Crippen LogP contribution in [-0.4, -0.2) is 28.5 Å². The fourth-order valence-electron chi connectivity index (χ4n) is 2.30. The van der Waals surface area contributed by atoms with Crippen LogP contribution < -0.4 is 4.90 Å². The summed E-state index contributed by atoms with van der Waals surface area (Å²) in [5.74, 6) is -2.23. The molecular weight excluding hydrogens is 311 g/mol. The molecule has 1 aliphatic heterocycles. The molecule has 1 aliphatic rings. The van der Waals surface area contributed by atoms with E-state index in [9.17, 15) is 38.2 Å². The van der Waals surface area contributed by atoms with Crippen LogP contribution in [0.4, 0.5) is 30.2 Å². The van der Waals surface area contributed by atoms with Gasteiger partial charge in [0.2, 0.25) is 0 Å². The van der Waals surface area contributed by atoms with E-state index in [1.165, 1.54) is 0 Å². The standard InChI is InChI=1S/C11H8F3N3O5/c12-11(13,14)10(18)15-3-1-2-6-4-7(16(19)20)5-8(9(6)15)17(21)22/h4-5H,1-3H2. The van der Waals surface area contributed by atoms with Gasteiger partial charge in [-0.15, -0.1) is 0 Å². The summed E-state index contributed by atoms with van der Waals surface area (Å²) in [7, 11) is 0. The fraction of sp³-hybridized carbons (Fsp3) is 0.364. The Hall–Kier alpha value is -2.72. The molecule has 0 aromatic heterocycles. The minimum Gasteiger partial charge on any atom is -0.298 e. The topological polar surface area (TPSA) is 107 Å². The number of alkyl halides is 3. The molecule has 0 N–H and O–H groups in total. The largest absolute Gasteiger partial charge is 0.471 e. The Morgan fingerprint density at radius 1 is 1.18 bits per heavy atom. The van der Waals surface area contributed by atoms with E-state index in [2.05, 4.69) is 0 Å². The van der Waals surface area contributed by atoms with Crippen molar-refractivity contribution in [3.05, 3.63) is 37.9 Å². The molecule has 0 radical (unpaired) electrons. The first kappa shape index (κ1) is 15.7. The molecular formula is C11H8F3N3O5. The highest BCUT2D eigenvalue weighted by atomic mass is 19.4. The monoisotopic (exact) mass is 319 g/mol. The van der Waals surface area contributed by atoms with Crippen LogP contribution in [0.15, 0.2) is 12.1 Å². The third kappa shape index (κ3) is 2.69. The maximum Gasteiger partial charge on any atom is 0.471 e. The van der Waals surface area contributed by atoms with Gasteiger partial charge in [-0.05, 0) is 18.4 Å². The number of benzene rings is 1. The summed E-state index contributed by atoms with van der Waals surface area (Å²) < 4.78 is 37.8. The summed E-state index contributed by atoms with van der Waals surface area (Å²) in [5, 5.41) is 21.8. The van der Waals surface area contributed by atoms with Crippen molar-refractivity contribution in [2.24, 2.45) is 0 Å². The average Bonchev–Trinajstić information content (AvgIpc) is 2.43. The van der Waals surface area contributed by atoms with Gasteiger partial charge in [0.25, 0.3) is 11.4 Å². The number of nitro benzene ring substituents is 2. The van der Waals surface area contributed by atoms with E-state index >= 15 is 0 Å². The molecule has 8 nitrogen and oxygen atoms in total. The second-order valence-corrected chi connectivity index (χ2v) is 4.54. The second-order valence-electron chi connectivity index (χ2n) is 4.54. The highest BCUT2D eigenvalue weighted by Crippen LogP contribution is 2.40. The van der Waals surface area contributed by atoms with Gasteiger partial charge in [-0.25, -0.2) is 0 Å². The van der Waals surface area contributed by atoms with Gasteiger partial charge in [0.1, 0.15) is 5.69 Å². The van der Waals surface area contributed by atoms with Gasteiger partial charge in [-0.1, -0.05) is 0 Å². The molecule has 0 fully saturated rings. The lowest BCUT2D eigenvalue weighted by Gasteiger charge is -2.29. The summed E-state index contributed by atoms with van der Waals surface area (Å²) in [5.41, 5.74) is -2.04. The van der Waals surface area contributed by atoms with Gasteiger partial charge in [0.15, 0.2) is 0 Å². The van der Waals surface area contributed by atoms with Crippen LogP contribution in [0.25, 0.3) is 0 Å². The number of non-ortho nitro benzene ring substituents is 1. The van der Waals surface area contributed by atoms with E-state index in [-0.39, 0.29) is 29.8 Å². The van der Waals surface area contributed by atoms with Crippen LogP contribution in [0.2, 0.25) is 0 Å². The highest BCUT2D eigenvalue weighted by Gasteiger charge is 2.46. The second kappa shape index (κ2) is 5.24. The molecule has 0 saturated heterocycles. The summed E-state index contributed by atoms with van der Waals surface area (Å²) in [6, 6.07) is 1.51. The van der Waals surface area contributed by atoms with Crippen molar-refractivity contribution < 1.29 is 27.8 Å². The van der Waals surface area contributed by atoms with E-state index in [0.29, 0.717) is 6.07 Å². The first-order valence-electron chi connectivity index (χ1n) is 5.97. The number of amides is 1. The lowest BCUT2D eigenvalue weighted by atomic mass is 9.99. The number of aryl methyl sites for hydroxylation is 1. The van der Waals surface area contributed by atoms with E-state index < -0.39 is 39.0 Å². The molecule has 2 rings (SSSR count). The SMILES string of the molecule is O=C(N1CCCc2cc([N+](=O)[O-])cc([N+](=O)[O-])c21)C(F)(F)F. The van der Waals surface area contributed by atoms with Crippen LogP contribution in [0.5, 0.6) is 0 Å². The third-order valence-corrected chi connectivity index (χ3v) is 3.15. The van der Waals surface area contributed by atoms with Crippen LogP contribution in [0.1, 0.15) is 12.0 Å². The van der Waals surface area contributed by atoms with E-state index in [1.54, 1.807) is 0 Å². The Morgan fingerprint density at radius 2 is 1.82 bits per heavy atom. The number of hydrogen-bond acceptors (Lipinski definition) is 5. The van der Waals surface area contributed by atoms with Crippen molar-refractivity contribution in [1.29, 1.82) is 0 Å². The van der Waals surface area contributed by atoms with Crippen LogP contribution in [-0.2, 0) is 11.2 Å². The first-order valence-corrected chi connectivity index (χ1v) is 5.97. The number of rotatable bonds is 2. The van der Waals surface area contributed by atoms with Crippen LogP contribution >= 0.6 is 0 Å². The van der Waals surface area contributed by atoms with Gasteiger partial charge >= 0.3 is 12.1 Å². The van der Waals surface area contributed by atoms with E-state index in [1.807, 2.05) is 0 Å². The van der Waals surface area contributed by atoms with E-state index in [0.717, 1.165) is 6.07 Å². The van der Waals surface area contributed by atoms with Crippen molar-refractivity contribution in [3.63, 3.8) is 0 Å². The highest BCUT2D eigenvalue weighted by molar-refractivity contribution is 6.00. The zero-order valence-corrected chi connectivity index (χ0v) is 10.8. The lowest BCUT2D eigenvalue weighted by Crippen LogP contribution is -2.44. The number of hydrogen-bond donors (Lipinski definition) is 0. The molecule has 1 amide bonds. The molecule has 1 aromatic carbocycles. The van der Waals surface area contributed by atoms with Gasteiger partial charge < -0.3 is 0 Å². The number of nitro groups is 2. The Bertz CT molecular complexity index is 674. The third-order valence-electron chi connectivity index (χ3n) is 3.15. The maximum atomic E-state index is 12.6. The predicted octanol–water partition coefficient (Wildman–Crippen LogP) is 2.34. The number of fused-ring (bicyclic) bond motifs is 1. The van der Waals surface area contributed by atoms with E-state index in [4.69, 9.17) is 0 Å². The smallest absolute Gasteiger partial charge is 0.298 e. The molecule has 1 heterocycles. The summed E-state index contributed by atoms with van der Waals surface area (Å²) >= 11 is 0. The molecule has 0 unspecified atom stereocenters. The van der Waals surface area contributed by atoms with Crippen molar-refractivity contribution >= 4 is 23.0 Å². The molecule has 0 atom stereocenters. The van der Waals surface area contributed by atoms with Gasteiger partial charge in [-0.3, -0.25) is 29.9 Å². The Kier molecular flexibility index (Phi) is 3.73. The Balaban J connectivity index is 2.65. The molecule has 11 heteroatoms. The lowest BCUT2D eigenvalue weighted by molar-refractivity contribution is -0.393. The van der Waals surface area contributed by atoms with Gasteiger partial charge in [-0.2, -0.15) is 13.2 Å². The molecule has 118 valence electrons. The predicted molar refractivity (Wildman–Crippen MR) is 66.5 cm³/mol. The number of nitrogens with zero attached hydrogens (tertiary/aromatic N) is 3. The van der Waals surface area contributed by atoms with Crippen LogP contribution in [0.3, 0.4) is 0 Å². The van der Waals surface area contributed by atoms with Gasteiger partial charge in [0.05, 0.1) is 15.9 Å².